The number of allylic oxidation sites excluding steroid dienone is 1. The molecule has 2 aromatic carbocycles. The molecule has 6 amide bonds. The fraction of sp³-hybridized carbons (Fsp3) is 0.560. The molecule has 20 heteroatoms. The predicted molar refractivity (Wildman–Crippen MR) is 257 cm³/mol. The van der Waals surface area contributed by atoms with E-state index in [4.69, 9.17) is 20.6 Å². The molecule has 1 aliphatic heterocycles. The second kappa shape index (κ2) is 26.8. The third kappa shape index (κ3) is 16.7. The molecular formula is C50H69N7O13. The van der Waals surface area contributed by atoms with Crippen LogP contribution in [0.3, 0.4) is 0 Å². The van der Waals surface area contributed by atoms with Gasteiger partial charge in [-0.15, -0.1) is 0 Å². The van der Waals surface area contributed by atoms with E-state index in [1.165, 1.54) is 48.4 Å². The zero-order valence-corrected chi connectivity index (χ0v) is 40.7. The molecule has 1 saturated heterocycles. The van der Waals surface area contributed by atoms with Crippen molar-refractivity contribution in [3.05, 3.63) is 88.0 Å². The van der Waals surface area contributed by atoms with E-state index in [0.717, 1.165) is 58.4 Å². The number of nitrogens with zero attached hydrogens (tertiary/aromatic N) is 2. The summed E-state index contributed by atoms with van der Waals surface area (Å²) in [7, 11) is 2.10. The third-order valence-corrected chi connectivity index (χ3v) is 12.8. The molecule has 0 unspecified atom stereocenters. The van der Waals surface area contributed by atoms with Crippen molar-refractivity contribution >= 4 is 47.4 Å². The Kier molecular flexibility index (Phi) is 21.3. The summed E-state index contributed by atoms with van der Waals surface area (Å²) < 4.78 is 11.0. The lowest BCUT2D eigenvalue weighted by Crippen LogP contribution is -2.62. The van der Waals surface area contributed by atoms with Gasteiger partial charge in [-0.05, 0) is 80.0 Å². The third-order valence-electron chi connectivity index (χ3n) is 12.8. The lowest BCUT2D eigenvalue weighted by atomic mass is 9.81. The smallest absolute Gasteiger partial charge is 0.336 e. The summed E-state index contributed by atoms with van der Waals surface area (Å²) in [6.07, 6.45) is 10.5. The van der Waals surface area contributed by atoms with E-state index in [1.54, 1.807) is 45.0 Å². The highest BCUT2D eigenvalue weighted by atomic mass is 16.6. The number of hydrogen-bond donors (Lipinski definition) is 6. The Hall–Kier alpha value is -6.86. The van der Waals surface area contributed by atoms with E-state index < -0.39 is 94.0 Å². The number of nitrogens with two attached hydrogens (primary N) is 1. The molecule has 1 heterocycles. The van der Waals surface area contributed by atoms with Gasteiger partial charge in [-0.25, -0.2) is 9.59 Å². The van der Waals surface area contributed by atoms with E-state index in [9.17, 15) is 38.7 Å². The predicted octanol–water partition coefficient (Wildman–Crippen LogP) is 4.08. The molecule has 0 radical (unpaired) electrons. The molecule has 70 heavy (non-hydrogen) atoms. The number of carbonyl (C=O) groups excluding carboxylic acids is 7. The minimum atomic E-state index is -1.35. The van der Waals surface area contributed by atoms with Crippen LogP contribution in [0.4, 0.5) is 0 Å². The van der Waals surface area contributed by atoms with Gasteiger partial charge >= 0.3 is 11.9 Å². The van der Waals surface area contributed by atoms with Crippen LogP contribution in [-0.4, -0.2) is 119 Å². The lowest BCUT2D eigenvalue weighted by Gasteiger charge is -2.37. The van der Waals surface area contributed by atoms with Gasteiger partial charge in [-0.2, -0.15) is 0 Å². The molecule has 3 aliphatic rings. The van der Waals surface area contributed by atoms with Crippen molar-refractivity contribution < 1.29 is 57.9 Å². The zero-order valence-electron chi connectivity index (χ0n) is 40.7. The Balaban J connectivity index is 0.00000256. The molecule has 5 rings (SSSR count). The number of primary amides is 1. The maximum absolute atomic E-state index is 15.0. The number of methoxy groups -OCH3 is 1. The number of ether oxygens (including phenoxy) is 2. The number of carboxylic acids is 1. The number of carboxylic acid groups (broad SMARTS) is 1. The Bertz CT molecular complexity index is 2180. The zero-order chi connectivity index (χ0) is 51.5. The second-order valence-corrected chi connectivity index (χ2v) is 19.1. The molecule has 3 fully saturated rings. The number of rotatable bonds is 19. The van der Waals surface area contributed by atoms with Crippen LogP contribution in [-0.2, 0) is 33.5 Å². The van der Waals surface area contributed by atoms with Gasteiger partial charge in [-0.1, -0.05) is 95.7 Å². The first kappa shape index (κ1) is 55.7. The first-order valence-corrected chi connectivity index (χ1v) is 23.9. The molecule has 0 bridgehead atoms. The maximum Gasteiger partial charge on any atom is 0.336 e. The summed E-state index contributed by atoms with van der Waals surface area (Å²) in [6, 6.07) is 8.79. The minimum absolute atomic E-state index is 0.0511. The molecule has 20 nitrogen and oxygen atoms in total. The van der Waals surface area contributed by atoms with Gasteiger partial charge in [0.05, 0.1) is 24.8 Å². The van der Waals surface area contributed by atoms with Crippen LogP contribution in [0.2, 0.25) is 0 Å². The van der Waals surface area contributed by atoms with Crippen molar-refractivity contribution in [2.45, 2.75) is 141 Å². The summed E-state index contributed by atoms with van der Waals surface area (Å²) in [5, 5.41) is 29.9. The molecule has 2 saturated carbocycles. The lowest BCUT2D eigenvalue weighted by molar-refractivity contribution is -0.445. The molecule has 7 N–H and O–H groups in total. The van der Waals surface area contributed by atoms with Gasteiger partial charge in [0.15, 0.2) is 7.05 Å². The summed E-state index contributed by atoms with van der Waals surface area (Å²) in [5.41, 5.74) is 4.41. The number of para-hydroxylation sites is 1. The monoisotopic (exact) mass is 975 g/mol. The standard InChI is InChI=1S/C49H66N6O11.CH3NO2/c1-49(2,3)41(54-44(59)36(26-16-17-27-38(56)65-4)51-43(58)34-24-14-15-25-35(34)48(63)64)47(62)55-29-33(66-32-22-12-7-13-23-32)28-37(55)45(60)53-40(31-20-10-6-11-21-31)46(61)52-39(42(50)57)30-18-8-5-9-19-30;1-2(3)4/h7,12-15,17,22-25,27,30-31,33,36-37,39-41H,5-6,8-11,16,18-21,26,28-29H2,1-4H3,(H2,50,57)(H,51,58)(H,52,61)(H,53,60)(H,54,59)(H,63,64);1H3/b27-17+;/t33-,36+,37+,39+,40+,41-;/m1./s1. The summed E-state index contributed by atoms with van der Waals surface area (Å²) in [4.78, 5) is 118. The number of benzene rings is 2. The SMILES string of the molecule is COC(=O)/C=C/CC[C@H](NC(=O)c1ccccc1C(=O)O)C(=O)N[C@H](C(=O)N1C[C@H](Oc2ccccc2)C[C@H]1C(=O)N[C@H](C(=O)N[C@H](C(N)=O)C1CCCCC1)C1CCCCC1)C(C)(C)C.C[N+](=O)[O-]. The number of carbonyl (C=O) groups is 8. The van der Waals surface area contributed by atoms with Gasteiger partial charge < -0.3 is 46.5 Å². The fourth-order valence-electron chi connectivity index (χ4n) is 9.25. The molecule has 382 valence electrons. The molecule has 0 aromatic heterocycles. The maximum atomic E-state index is 15.0. The van der Waals surface area contributed by atoms with E-state index in [0.29, 0.717) is 18.6 Å². The fourth-order valence-corrected chi connectivity index (χ4v) is 9.25. The first-order valence-electron chi connectivity index (χ1n) is 23.9. The van der Waals surface area contributed by atoms with Gasteiger partial charge in [0, 0.05) is 17.4 Å². The summed E-state index contributed by atoms with van der Waals surface area (Å²) in [6.45, 7) is 5.16. The number of esters is 1. The number of hydrogen-bond acceptors (Lipinski definition) is 12. The normalized spacial score (nSPS) is 19.2. The van der Waals surface area contributed by atoms with E-state index in [-0.39, 0.29) is 48.8 Å². The highest BCUT2D eigenvalue weighted by molar-refractivity contribution is 6.06. The largest absolute Gasteiger partial charge is 0.488 e. The van der Waals surface area contributed by atoms with Crippen molar-refractivity contribution in [2.75, 3.05) is 20.7 Å². The number of nitro groups is 1. The van der Waals surface area contributed by atoms with Gasteiger partial charge in [0.1, 0.15) is 42.1 Å². The topological polar surface area (TPSA) is 296 Å². The highest BCUT2D eigenvalue weighted by Crippen LogP contribution is 2.32. The van der Waals surface area contributed by atoms with Crippen LogP contribution in [0, 0.1) is 27.4 Å². The van der Waals surface area contributed by atoms with Crippen LogP contribution in [0.25, 0.3) is 0 Å². The van der Waals surface area contributed by atoms with Gasteiger partial charge in [-0.3, -0.25) is 38.9 Å². The van der Waals surface area contributed by atoms with Crippen LogP contribution in [0.15, 0.2) is 66.7 Å². The van der Waals surface area contributed by atoms with Gasteiger partial charge in [0.25, 0.3) is 5.91 Å². The Labute approximate surface area is 408 Å². The average molecular weight is 976 g/mol. The van der Waals surface area contributed by atoms with E-state index in [2.05, 4.69) is 26.0 Å². The number of aromatic carboxylic acids is 1. The molecule has 2 aromatic rings. The van der Waals surface area contributed by atoms with Crippen LogP contribution in [0.1, 0.15) is 125 Å². The van der Waals surface area contributed by atoms with E-state index >= 15 is 4.79 Å². The number of nitrogens with one attached hydrogen (secondary N) is 4. The van der Waals surface area contributed by atoms with Crippen LogP contribution >= 0.6 is 0 Å². The Morgan fingerprint density at radius 2 is 1.37 bits per heavy atom. The van der Waals surface area contributed by atoms with E-state index in [1.807, 2.05) is 6.07 Å². The average Bonchev–Trinajstić information content (AvgIpc) is 3.76. The quantitative estimate of drug-likeness (QED) is 0.0501. The van der Waals surface area contributed by atoms with Crippen molar-refractivity contribution in [1.82, 2.24) is 26.2 Å². The van der Waals surface area contributed by atoms with Crippen molar-refractivity contribution in [2.24, 2.45) is 23.0 Å². The molecule has 2 aliphatic carbocycles. The summed E-state index contributed by atoms with van der Waals surface area (Å²) in [5.74, 6) is -5.78. The minimum Gasteiger partial charge on any atom is -0.488 e. The molecule has 6 atom stereocenters. The molecular weight excluding hydrogens is 907 g/mol. The Morgan fingerprint density at radius 3 is 1.91 bits per heavy atom. The number of amides is 6. The van der Waals surface area contributed by atoms with Crippen molar-refractivity contribution in [1.29, 1.82) is 0 Å². The van der Waals surface area contributed by atoms with Crippen LogP contribution < -0.4 is 31.7 Å². The van der Waals surface area contributed by atoms with Crippen LogP contribution in [0.5, 0.6) is 5.75 Å². The second-order valence-electron chi connectivity index (χ2n) is 19.1. The molecule has 0 spiro atoms. The number of likely N-dealkylation sites (tertiary alicyclic amines) is 1. The van der Waals surface area contributed by atoms with Gasteiger partial charge in [0.2, 0.25) is 29.5 Å². The Morgan fingerprint density at radius 1 is 0.814 bits per heavy atom. The first-order chi connectivity index (χ1) is 33.2. The summed E-state index contributed by atoms with van der Waals surface area (Å²) >= 11 is 0. The highest BCUT2D eigenvalue weighted by Gasteiger charge is 2.47. The van der Waals surface area contributed by atoms with Crippen molar-refractivity contribution in [3.63, 3.8) is 0 Å². The van der Waals surface area contributed by atoms with Crippen molar-refractivity contribution in [3.8, 4) is 5.75 Å².